The first-order chi connectivity index (χ1) is 6.15. The standard InChI is InChI=1S/C12H15N/c1-9-7-11(3)12(5-4-6-13)8-10(9)2/h7-8H,4-5H2,1-3H3. The van der Waals surface area contributed by atoms with E-state index in [1.165, 1.54) is 22.3 Å². The predicted octanol–water partition coefficient (Wildman–Crippen LogP) is 3.07. The van der Waals surface area contributed by atoms with E-state index in [9.17, 15) is 0 Å². The molecule has 0 amide bonds. The van der Waals surface area contributed by atoms with Crippen LogP contribution in [0.3, 0.4) is 0 Å². The zero-order chi connectivity index (χ0) is 9.84. The van der Waals surface area contributed by atoms with Crippen LogP contribution in [-0.4, -0.2) is 0 Å². The van der Waals surface area contributed by atoms with Crippen LogP contribution < -0.4 is 0 Å². The van der Waals surface area contributed by atoms with Gasteiger partial charge in [-0.3, -0.25) is 0 Å². The van der Waals surface area contributed by atoms with Gasteiger partial charge in [-0.05, 0) is 49.4 Å². The van der Waals surface area contributed by atoms with Crippen molar-refractivity contribution in [2.75, 3.05) is 0 Å². The molecular formula is C12H15N. The highest BCUT2D eigenvalue weighted by Gasteiger charge is 2.00. The van der Waals surface area contributed by atoms with E-state index < -0.39 is 0 Å². The largest absolute Gasteiger partial charge is 0.198 e. The van der Waals surface area contributed by atoms with Crippen molar-refractivity contribution in [2.45, 2.75) is 33.6 Å². The number of rotatable bonds is 2. The summed E-state index contributed by atoms with van der Waals surface area (Å²) in [6.07, 6.45) is 1.49. The van der Waals surface area contributed by atoms with Crippen LogP contribution in [0.15, 0.2) is 12.1 Å². The van der Waals surface area contributed by atoms with Gasteiger partial charge in [0.25, 0.3) is 0 Å². The molecule has 0 N–H and O–H groups in total. The summed E-state index contributed by atoms with van der Waals surface area (Å²) in [6, 6.07) is 6.57. The first kappa shape index (κ1) is 9.80. The van der Waals surface area contributed by atoms with Crippen LogP contribution in [-0.2, 0) is 6.42 Å². The molecule has 68 valence electrons. The Balaban J connectivity index is 2.96. The molecule has 0 bridgehead atoms. The Labute approximate surface area is 80.0 Å². The van der Waals surface area contributed by atoms with Crippen molar-refractivity contribution < 1.29 is 0 Å². The number of nitrogens with zero attached hydrogens (tertiary/aromatic N) is 1. The van der Waals surface area contributed by atoms with E-state index in [-0.39, 0.29) is 0 Å². The van der Waals surface area contributed by atoms with Gasteiger partial charge in [0.05, 0.1) is 6.07 Å². The fourth-order valence-corrected chi connectivity index (χ4v) is 1.48. The van der Waals surface area contributed by atoms with Gasteiger partial charge in [-0.25, -0.2) is 0 Å². The molecule has 1 nitrogen and oxygen atoms in total. The second-order valence-electron chi connectivity index (χ2n) is 3.52. The summed E-state index contributed by atoms with van der Waals surface area (Å²) in [5, 5.41) is 8.49. The summed E-state index contributed by atoms with van der Waals surface area (Å²) in [7, 11) is 0. The van der Waals surface area contributed by atoms with Crippen LogP contribution in [0.1, 0.15) is 28.7 Å². The van der Waals surface area contributed by atoms with E-state index in [0.717, 1.165) is 6.42 Å². The van der Waals surface area contributed by atoms with E-state index in [2.05, 4.69) is 39.0 Å². The van der Waals surface area contributed by atoms with Gasteiger partial charge < -0.3 is 0 Å². The second-order valence-corrected chi connectivity index (χ2v) is 3.52. The van der Waals surface area contributed by atoms with Gasteiger partial charge in [0, 0.05) is 6.42 Å². The predicted molar refractivity (Wildman–Crippen MR) is 54.6 cm³/mol. The highest BCUT2D eigenvalue weighted by Crippen LogP contribution is 2.16. The minimum atomic E-state index is 0.614. The summed E-state index contributed by atoms with van der Waals surface area (Å²) in [5.41, 5.74) is 5.26. The zero-order valence-electron chi connectivity index (χ0n) is 8.52. The topological polar surface area (TPSA) is 23.8 Å². The Morgan fingerprint density at radius 2 is 1.69 bits per heavy atom. The van der Waals surface area contributed by atoms with Gasteiger partial charge in [-0.1, -0.05) is 12.1 Å². The molecular weight excluding hydrogens is 158 g/mol. The average molecular weight is 173 g/mol. The molecule has 0 heterocycles. The van der Waals surface area contributed by atoms with Gasteiger partial charge in [-0.15, -0.1) is 0 Å². The highest BCUT2D eigenvalue weighted by molar-refractivity contribution is 5.36. The minimum Gasteiger partial charge on any atom is -0.198 e. The van der Waals surface area contributed by atoms with Crippen LogP contribution in [0, 0.1) is 32.1 Å². The SMILES string of the molecule is Cc1cc(C)c(CCC#N)cc1C. The number of aryl methyl sites for hydroxylation is 4. The van der Waals surface area contributed by atoms with Crippen LogP contribution in [0.2, 0.25) is 0 Å². The molecule has 0 aromatic heterocycles. The lowest BCUT2D eigenvalue weighted by Crippen LogP contribution is -1.92. The van der Waals surface area contributed by atoms with Crippen molar-refractivity contribution in [3.8, 4) is 6.07 Å². The fraction of sp³-hybridized carbons (Fsp3) is 0.417. The molecule has 0 aliphatic rings. The summed E-state index contributed by atoms with van der Waals surface area (Å²) in [5.74, 6) is 0. The molecule has 0 radical (unpaired) electrons. The first-order valence-electron chi connectivity index (χ1n) is 4.59. The fourth-order valence-electron chi connectivity index (χ4n) is 1.48. The quantitative estimate of drug-likeness (QED) is 0.674. The maximum absolute atomic E-state index is 8.49. The average Bonchev–Trinajstić information content (AvgIpc) is 2.09. The Hall–Kier alpha value is -1.29. The number of hydrogen-bond donors (Lipinski definition) is 0. The van der Waals surface area contributed by atoms with Crippen molar-refractivity contribution >= 4 is 0 Å². The Bertz CT molecular complexity index is 345. The lowest BCUT2D eigenvalue weighted by Gasteiger charge is -2.07. The molecule has 1 aromatic carbocycles. The summed E-state index contributed by atoms with van der Waals surface area (Å²) >= 11 is 0. The van der Waals surface area contributed by atoms with Gasteiger partial charge in [0.1, 0.15) is 0 Å². The van der Waals surface area contributed by atoms with Gasteiger partial charge in [0.2, 0.25) is 0 Å². The molecule has 1 heteroatoms. The molecule has 1 rings (SSSR count). The van der Waals surface area contributed by atoms with Crippen LogP contribution >= 0.6 is 0 Å². The minimum absolute atomic E-state index is 0.614. The van der Waals surface area contributed by atoms with E-state index in [1.807, 2.05) is 0 Å². The number of hydrogen-bond acceptors (Lipinski definition) is 1. The van der Waals surface area contributed by atoms with E-state index in [0.29, 0.717) is 6.42 Å². The Kier molecular flexibility index (Phi) is 3.08. The van der Waals surface area contributed by atoms with E-state index in [1.54, 1.807) is 0 Å². The monoisotopic (exact) mass is 173 g/mol. The lowest BCUT2D eigenvalue weighted by molar-refractivity contribution is 0.989. The molecule has 0 unspecified atom stereocenters. The molecule has 0 aliphatic heterocycles. The Morgan fingerprint density at radius 1 is 1.08 bits per heavy atom. The van der Waals surface area contributed by atoms with Gasteiger partial charge in [0.15, 0.2) is 0 Å². The molecule has 0 fully saturated rings. The maximum Gasteiger partial charge on any atom is 0.0625 e. The summed E-state index contributed by atoms with van der Waals surface area (Å²) in [6.45, 7) is 6.35. The van der Waals surface area contributed by atoms with Crippen molar-refractivity contribution in [1.29, 1.82) is 5.26 Å². The van der Waals surface area contributed by atoms with Crippen molar-refractivity contribution in [2.24, 2.45) is 0 Å². The third-order valence-electron chi connectivity index (χ3n) is 2.46. The third kappa shape index (κ3) is 2.32. The van der Waals surface area contributed by atoms with E-state index in [4.69, 9.17) is 5.26 Å². The number of nitriles is 1. The van der Waals surface area contributed by atoms with Crippen molar-refractivity contribution in [1.82, 2.24) is 0 Å². The molecule has 0 saturated carbocycles. The van der Waals surface area contributed by atoms with Gasteiger partial charge in [-0.2, -0.15) is 5.26 Å². The summed E-state index contributed by atoms with van der Waals surface area (Å²) in [4.78, 5) is 0. The molecule has 1 aromatic rings. The zero-order valence-corrected chi connectivity index (χ0v) is 8.52. The molecule has 0 saturated heterocycles. The van der Waals surface area contributed by atoms with E-state index >= 15 is 0 Å². The smallest absolute Gasteiger partial charge is 0.0625 e. The Morgan fingerprint density at radius 3 is 2.31 bits per heavy atom. The second kappa shape index (κ2) is 4.09. The lowest BCUT2D eigenvalue weighted by atomic mass is 9.98. The number of benzene rings is 1. The van der Waals surface area contributed by atoms with Crippen LogP contribution in [0.5, 0.6) is 0 Å². The molecule has 0 aliphatic carbocycles. The normalized spacial score (nSPS) is 9.69. The van der Waals surface area contributed by atoms with Crippen LogP contribution in [0.25, 0.3) is 0 Å². The highest BCUT2D eigenvalue weighted by atomic mass is 14.2. The molecule has 0 atom stereocenters. The van der Waals surface area contributed by atoms with Crippen LogP contribution in [0.4, 0.5) is 0 Å². The first-order valence-corrected chi connectivity index (χ1v) is 4.59. The van der Waals surface area contributed by atoms with Crippen molar-refractivity contribution in [3.63, 3.8) is 0 Å². The maximum atomic E-state index is 8.49. The van der Waals surface area contributed by atoms with Crippen molar-refractivity contribution in [3.05, 3.63) is 34.4 Å². The van der Waals surface area contributed by atoms with Gasteiger partial charge >= 0.3 is 0 Å². The molecule has 0 spiro atoms. The molecule has 13 heavy (non-hydrogen) atoms. The third-order valence-corrected chi connectivity index (χ3v) is 2.46. The summed E-state index contributed by atoms with van der Waals surface area (Å²) < 4.78 is 0.